The quantitative estimate of drug-likeness (QED) is 0.584. The number of nitrogens with zero attached hydrogens (tertiary/aromatic N) is 1. The molecule has 0 aromatic rings. The zero-order valence-corrected chi connectivity index (χ0v) is 7.17. The smallest absolute Gasteiger partial charge is 0.0914 e. The first kappa shape index (κ1) is 7.29. The van der Waals surface area contributed by atoms with Gasteiger partial charge >= 0.3 is 0 Å². The summed E-state index contributed by atoms with van der Waals surface area (Å²) in [5, 5.41) is 0.567. The molecule has 0 aromatic heterocycles. The van der Waals surface area contributed by atoms with Gasteiger partial charge in [-0.25, -0.2) is 0 Å². The second-order valence-corrected chi connectivity index (χ2v) is 3.93. The van der Waals surface area contributed by atoms with E-state index in [-0.39, 0.29) is 0 Å². The van der Waals surface area contributed by atoms with E-state index in [4.69, 9.17) is 11.6 Å². The van der Waals surface area contributed by atoms with Crippen LogP contribution in [-0.4, -0.2) is 17.3 Å². The van der Waals surface area contributed by atoms with Crippen LogP contribution < -0.4 is 0 Å². The lowest BCUT2D eigenvalue weighted by molar-refractivity contribution is 0.428. The Bertz CT molecular complexity index is 135. The van der Waals surface area contributed by atoms with Gasteiger partial charge in [-0.2, -0.15) is 0 Å². The second-order valence-electron chi connectivity index (χ2n) is 2.08. The van der Waals surface area contributed by atoms with Crippen molar-refractivity contribution in [2.75, 3.05) is 7.05 Å². The van der Waals surface area contributed by atoms with Crippen molar-refractivity contribution in [3.63, 3.8) is 0 Å². The first-order valence-corrected chi connectivity index (χ1v) is 4.25. The molecular weight excluding hydrogens is 154 g/mol. The molecule has 1 aliphatic rings. The largest absolute Gasteiger partial charge is 0.366 e. The van der Waals surface area contributed by atoms with E-state index in [9.17, 15) is 0 Å². The van der Waals surface area contributed by atoms with Gasteiger partial charge in [-0.1, -0.05) is 30.3 Å². The fourth-order valence-corrected chi connectivity index (χ4v) is 2.20. The highest BCUT2D eigenvalue weighted by Gasteiger charge is 2.18. The highest BCUT2D eigenvalue weighted by Crippen LogP contribution is 2.35. The third kappa shape index (κ3) is 1.55. The molecule has 0 radical (unpaired) electrons. The molecule has 0 aliphatic carbocycles. The Labute approximate surface area is 65.1 Å². The number of thioether (sulfide) groups is 1. The Morgan fingerprint density at radius 1 is 1.89 bits per heavy atom. The summed E-state index contributed by atoms with van der Waals surface area (Å²) >= 11 is 7.49. The van der Waals surface area contributed by atoms with Crippen molar-refractivity contribution in [1.82, 2.24) is 4.90 Å². The molecule has 1 atom stereocenters. The molecule has 1 rings (SSSR count). The van der Waals surface area contributed by atoms with E-state index in [1.54, 1.807) is 11.8 Å². The molecule has 0 saturated heterocycles. The zero-order chi connectivity index (χ0) is 6.85. The second kappa shape index (κ2) is 2.84. The van der Waals surface area contributed by atoms with Crippen molar-refractivity contribution >= 4 is 23.4 Å². The molecule has 0 bridgehead atoms. The molecule has 1 unspecified atom stereocenters. The van der Waals surface area contributed by atoms with Crippen LogP contribution in [0.4, 0.5) is 0 Å². The van der Waals surface area contributed by atoms with Crippen molar-refractivity contribution in [1.29, 1.82) is 0 Å². The van der Waals surface area contributed by atoms with Gasteiger partial charge < -0.3 is 4.90 Å². The minimum Gasteiger partial charge on any atom is -0.366 e. The van der Waals surface area contributed by atoms with Gasteiger partial charge in [0.25, 0.3) is 0 Å². The molecule has 3 heteroatoms. The fraction of sp³-hybridized carbons (Fsp3) is 0.667. The van der Waals surface area contributed by atoms with Crippen molar-refractivity contribution < 1.29 is 0 Å². The molecule has 1 heterocycles. The van der Waals surface area contributed by atoms with Crippen LogP contribution in [0.3, 0.4) is 0 Å². The lowest BCUT2D eigenvalue weighted by atomic mass is 10.4. The lowest BCUT2D eigenvalue weighted by Gasteiger charge is -2.16. The van der Waals surface area contributed by atoms with Gasteiger partial charge in [0.05, 0.1) is 9.74 Å². The first-order valence-electron chi connectivity index (χ1n) is 3.00. The van der Waals surface area contributed by atoms with E-state index in [2.05, 4.69) is 18.9 Å². The maximum atomic E-state index is 5.76. The highest BCUT2D eigenvalue weighted by atomic mass is 35.5. The molecule has 9 heavy (non-hydrogen) atoms. The molecule has 1 aliphatic heterocycles. The minimum atomic E-state index is 0.567. The molecule has 0 N–H and O–H groups in total. The van der Waals surface area contributed by atoms with Crippen molar-refractivity contribution in [3.05, 3.63) is 10.6 Å². The summed E-state index contributed by atoms with van der Waals surface area (Å²) in [4.78, 5) is 2.15. The van der Waals surface area contributed by atoms with E-state index >= 15 is 0 Å². The van der Waals surface area contributed by atoms with E-state index in [1.165, 1.54) is 0 Å². The molecule has 0 aromatic carbocycles. The summed E-state index contributed by atoms with van der Waals surface area (Å²) in [5.41, 5.74) is 0. The van der Waals surface area contributed by atoms with E-state index in [0.717, 1.165) is 10.8 Å². The number of hydrogen-bond donors (Lipinski definition) is 0. The maximum Gasteiger partial charge on any atom is 0.0914 e. The standard InChI is InChI=1S/C6H10ClNS/c1-3-6-8(2)4-5(7)9-6/h4,6H,3H2,1-2H3. The van der Waals surface area contributed by atoms with Crippen LogP contribution in [-0.2, 0) is 0 Å². The predicted molar refractivity (Wildman–Crippen MR) is 43.4 cm³/mol. The molecule has 52 valence electrons. The van der Waals surface area contributed by atoms with E-state index in [1.807, 2.05) is 6.20 Å². The van der Waals surface area contributed by atoms with Crippen LogP contribution in [0.25, 0.3) is 0 Å². The van der Waals surface area contributed by atoms with E-state index in [0.29, 0.717) is 5.37 Å². The minimum absolute atomic E-state index is 0.567. The summed E-state index contributed by atoms with van der Waals surface area (Å²) in [6.45, 7) is 2.16. The Morgan fingerprint density at radius 2 is 2.56 bits per heavy atom. The average Bonchev–Trinajstić information content (AvgIpc) is 2.10. The van der Waals surface area contributed by atoms with E-state index < -0.39 is 0 Å². The van der Waals surface area contributed by atoms with Crippen molar-refractivity contribution in [3.8, 4) is 0 Å². The topological polar surface area (TPSA) is 3.24 Å². The van der Waals surface area contributed by atoms with Crippen LogP contribution in [0.5, 0.6) is 0 Å². The predicted octanol–water partition coefficient (Wildman–Crippen LogP) is 2.44. The third-order valence-electron chi connectivity index (χ3n) is 1.36. The van der Waals surface area contributed by atoms with Crippen LogP contribution in [0.2, 0.25) is 0 Å². The van der Waals surface area contributed by atoms with Crippen molar-refractivity contribution in [2.45, 2.75) is 18.7 Å². The van der Waals surface area contributed by atoms with Gasteiger partial charge in [-0.3, -0.25) is 0 Å². The summed E-state index contributed by atoms with van der Waals surface area (Å²) < 4.78 is 0.907. The molecule has 0 saturated carbocycles. The third-order valence-corrected chi connectivity index (χ3v) is 2.99. The van der Waals surface area contributed by atoms with Gasteiger partial charge in [0.15, 0.2) is 0 Å². The van der Waals surface area contributed by atoms with Crippen LogP contribution in [0, 0.1) is 0 Å². The molecule has 1 nitrogen and oxygen atoms in total. The Balaban J connectivity index is 2.49. The number of rotatable bonds is 1. The average molecular weight is 164 g/mol. The first-order chi connectivity index (χ1) is 4.24. The van der Waals surface area contributed by atoms with Gasteiger partial charge in [0, 0.05) is 13.2 Å². The Kier molecular flexibility index (Phi) is 2.30. The highest BCUT2D eigenvalue weighted by molar-refractivity contribution is 8.05. The normalized spacial score (nSPS) is 26.8. The lowest BCUT2D eigenvalue weighted by Crippen LogP contribution is -2.17. The number of hydrogen-bond acceptors (Lipinski definition) is 2. The summed E-state index contributed by atoms with van der Waals surface area (Å²) in [7, 11) is 2.05. The van der Waals surface area contributed by atoms with Gasteiger partial charge in [-0.05, 0) is 6.42 Å². The molecule has 0 fully saturated rings. The van der Waals surface area contributed by atoms with Crippen LogP contribution >= 0.6 is 23.4 Å². The Hall–Kier alpha value is 0.180. The monoisotopic (exact) mass is 163 g/mol. The maximum absolute atomic E-state index is 5.76. The van der Waals surface area contributed by atoms with Crippen molar-refractivity contribution in [2.24, 2.45) is 0 Å². The summed E-state index contributed by atoms with van der Waals surface area (Å²) in [6, 6.07) is 0. The van der Waals surface area contributed by atoms with Gasteiger partial charge in [0.1, 0.15) is 0 Å². The molecular formula is C6H10ClNS. The van der Waals surface area contributed by atoms with Crippen LogP contribution in [0.15, 0.2) is 10.6 Å². The van der Waals surface area contributed by atoms with Gasteiger partial charge in [0.2, 0.25) is 0 Å². The zero-order valence-electron chi connectivity index (χ0n) is 5.60. The molecule has 0 amide bonds. The Morgan fingerprint density at radius 3 is 2.78 bits per heavy atom. The number of halogens is 1. The molecule has 0 spiro atoms. The SMILES string of the molecule is CCC1SC(Cl)=CN1C. The van der Waals surface area contributed by atoms with Gasteiger partial charge in [-0.15, -0.1) is 0 Å². The fourth-order valence-electron chi connectivity index (χ4n) is 0.858. The summed E-state index contributed by atoms with van der Waals surface area (Å²) in [6.07, 6.45) is 3.12. The van der Waals surface area contributed by atoms with Crippen LogP contribution in [0.1, 0.15) is 13.3 Å². The summed E-state index contributed by atoms with van der Waals surface area (Å²) in [5.74, 6) is 0.